The lowest BCUT2D eigenvalue weighted by Crippen LogP contribution is -2.40. The molecule has 2 amide bonds. The zero-order valence-corrected chi connectivity index (χ0v) is 21.4. The average Bonchev–Trinajstić information content (AvgIpc) is 2.91. The number of hydrogen-bond acceptors (Lipinski definition) is 3. The highest BCUT2D eigenvalue weighted by Gasteiger charge is 2.16. The third-order valence-electron chi connectivity index (χ3n) is 5.86. The van der Waals surface area contributed by atoms with Crippen LogP contribution in [0.2, 0.25) is 0 Å². The first-order valence-electron chi connectivity index (χ1n) is 12.3. The summed E-state index contributed by atoms with van der Waals surface area (Å²) in [6.07, 6.45) is 1.74. The first-order chi connectivity index (χ1) is 18.1. The zero-order valence-electron chi connectivity index (χ0n) is 20.5. The van der Waals surface area contributed by atoms with Crippen LogP contribution in [0.5, 0.6) is 0 Å². The third-order valence-corrected chi connectivity index (χ3v) is 6.86. The fraction of sp³-hybridized carbons (Fsp3) is 0.161. The highest BCUT2D eigenvalue weighted by molar-refractivity contribution is 7.99. The van der Waals surface area contributed by atoms with Gasteiger partial charge in [-0.05, 0) is 65.9 Å². The maximum Gasteiger partial charge on any atom is 0.322 e. The van der Waals surface area contributed by atoms with Crippen LogP contribution in [-0.4, -0.2) is 23.7 Å². The minimum atomic E-state index is -0.843. The van der Waals surface area contributed by atoms with E-state index in [9.17, 15) is 9.59 Å². The Kier molecular flexibility index (Phi) is 9.38. The van der Waals surface area contributed by atoms with Gasteiger partial charge in [-0.3, -0.25) is 9.69 Å². The first-order valence-corrected chi connectivity index (χ1v) is 13.1. The van der Waals surface area contributed by atoms with Gasteiger partial charge in [0.1, 0.15) is 0 Å². The van der Waals surface area contributed by atoms with Gasteiger partial charge in [-0.15, -0.1) is 0 Å². The lowest BCUT2D eigenvalue weighted by atomic mass is 10.1. The number of carbonyl (C=O) groups excluding carboxylic acids is 1. The van der Waals surface area contributed by atoms with Crippen molar-refractivity contribution in [3.05, 3.63) is 126 Å². The molecule has 37 heavy (non-hydrogen) atoms. The van der Waals surface area contributed by atoms with Crippen molar-refractivity contribution in [3.8, 4) is 0 Å². The largest absolute Gasteiger partial charge is 0.481 e. The summed E-state index contributed by atoms with van der Waals surface area (Å²) in [7, 11) is 0. The van der Waals surface area contributed by atoms with E-state index in [4.69, 9.17) is 5.11 Å². The van der Waals surface area contributed by atoms with Crippen LogP contribution < -0.4 is 10.2 Å². The summed E-state index contributed by atoms with van der Waals surface area (Å²) < 4.78 is 0. The number of hydrogen-bond donors (Lipinski definition) is 2. The molecule has 0 aliphatic carbocycles. The summed E-state index contributed by atoms with van der Waals surface area (Å²) >= 11 is 1.57. The molecule has 4 aromatic rings. The predicted molar refractivity (Wildman–Crippen MR) is 149 cm³/mol. The van der Waals surface area contributed by atoms with Crippen molar-refractivity contribution in [1.82, 2.24) is 5.32 Å². The second kappa shape index (κ2) is 13.3. The number of benzene rings is 4. The molecule has 0 aliphatic heterocycles. The lowest BCUT2D eigenvalue weighted by Gasteiger charge is -2.24. The molecule has 6 heteroatoms. The molecule has 0 aliphatic rings. The smallest absolute Gasteiger partial charge is 0.322 e. The molecule has 4 rings (SSSR count). The Hall–Kier alpha value is -4.03. The second-order valence-corrected chi connectivity index (χ2v) is 9.85. The summed E-state index contributed by atoms with van der Waals surface area (Å²) in [5, 5.41) is 12.1. The molecule has 188 valence electrons. The summed E-state index contributed by atoms with van der Waals surface area (Å²) in [6.45, 7) is 1.06. The number of rotatable bonds is 11. The molecule has 0 spiro atoms. The fourth-order valence-electron chi connectivity index (χ4n) is 4.03. The maximum atomic E-state index is 13.2. The topological polar surface area (TPSA) is 69.6 Å². The molecule has 0 fully saturated rings. The van der Waals surface area contributed by atoms with Gasteiger partial charge in [-0.25, -0.2) is 4.79 Å². The van der Waals surface area contributed by atoms with Gasteiger partial charge in [0.25, 0.3) is 0 Å². The third kappa shape index (κ3) is 8.26. The summed E-state index contributed by atoms with van der Waals surface area (Å²) in [4.78, 5) is 28.1. The fourth-order valence-corrected chi connectivity index (χ4v) is 4.93. The van der Waals surface area contributed by atoms with E-state index < -0.39 is 5.97 Å². The van der Waals surface area contributed by atoms with Crippen molar-refractivity contribution >= 4 is 29.4 Å². The van der Waals surface area contributed by atoms with Gasteiger partial charge < -0.3 is 10.4 Å². The Morgan fingerprint density at radius 1 is 0.730 bits per heavy atom. The highest BCUT2D eigenvalue weighted by atomic mass is 32.2. The first kappa shape index (κ1) is 26.0. The zero-order chi connectivity index (χ0) is 25.9. The summed E-state index contributed by atoms with van der Waals surface area (Å²) in [6, 6.07) is 35.6. The Morgan fingerprint density at radius 3 is 2.05 bits per heavy atom. The van der Waals surface area contributed by atoms with Crippen LogP contribution in [0.25, 0.3) is 0 Å². The molecule has 2 N–H and O–H groups in total. The molecule has 0 heterocycles. The molecule has 0 unspecified atom stereocenters. The van der Waals surface area contributed by atoms with Gasteiger partial charge >= 0.3 is 12.0 Å². The molecule has 4 aromatic carbocycles. The second-order valence-electron chi connectivity index (χ2n) is 8.70. The van der Waals surface area contributed by atoms with Gasteiger partial charge in [-0.2, -0.15) is 0 Å². The van der Waals surface area contributed by atoms with Crippen LogP contribution in [0.4, 0.5) is 10.5 Å². The molecular weight excluding hydrogens is 480 g/mol. The number of nitrogens with one attached hydrogen (secondary N) is 1. The van der Waals surface area contributed by atoms with E-state index in [0.717, 1.165) is 39.4 Å². The van der Waals surface area contributed by atoms with Crippen LogP contribution in [0, 0.1) is 0 Å². The molecule has 5 nitrogen and oxygen atoms in total. The normalized spacial score (nSPS) is 10.6. The quantitative estimate of drug-likeness (QED) is 0.232. The number of aryl methyl sites for hydroxylation is 1. The maximum absolute atomic E-state index is 13.2. The van der Waals surface area contributed by atoms with Gasteiger partial charge in [0.2, 0.25) is 0 Å². The van der Waals surface area contributed by atoms with Crippen LogP contribution in [0.15, 0.2) is 119 Å². The standard InChI is InChI=1S/C31H30N2O3S/c34-30(35)22-26-13-7-15-29(21-26)37-28-18-16-27(17-19-28)33(20-8-14-24-9-3-1-4-10-24)31(36)32-23-25-11-5-2-6-12-25/h1-7,9-13,15-19,21H,8,14,20,22-23H2,(H,32,36)(H,34,35). The van der Waals surface area contributed by atoms with Crippen LogP contribution in [0.1, 0.15) is 23.1 Å². The number of carbonyl (C=O) groups is 2. The van der Waals surface area contributed by atoms with Gasteiger partial charge in [0, 0.05) is 28.6 Å². The molecule has 0 radical (unpaired) electrons. The van der Waals surface area contributed by atoms with Crippen molar-refractivity contribution in [2.24, 2.45) is 0 Å². The van der Waals surface area contributed by atoms with E-state index in [1.54, 1.807) is 16.7 Å². The van der Waals surface area contributed by atoms with E-state index in [-0.39, 0.29) is 12.5 Å². The van der Waals surface area contributed by atoms with E-state index >= 15 is 0 Å². The summed E-state index contributed by atoms with van der Waals surface area (Å²) in [5.41, 5.74) is 3.91. The molecular formula is C31H30N2O3S. The SMILES string of the molecule is O=C(O)Cc1cccc(Sc2ccc(N(CCCc3ccccc3)C(=O)NCc3ccccc3)cc2)c1. The molecule has 0 saturated heterocycles. The van der Waals surface area contributed by atoms with Gasteiger partial charge in [-0.1, -0.05) is 84.6 Å². The number of urea groups is 1. The predicted octanol–water partition coefficient (Wildman–Crippen LogP) is 6.81. The van der Waals surface area contributed by atoms with Crippen LogP contribution in [0.3, 0.4) is 0 Å². The Balaban J connectivity index is 1.44. The van der Waals surface area contributed by atoms with E-state index in [1.807, 2.05) is 97.1 Å². The van der Waals surface area contributed by atoms with E-state index in [2.05, 4.69) is 17.4 Å². The molecule has 0 aromatic heterocycles. The molecule has 0 atom stereocenters. The number of amides is 2. The Labute approximate surface area is 222 Å². The van der Waals surface area contributed by atoms with E-state index in [0.29, 0.717) is 13.1 Å². The Morgan fingerprint density at radius 2 is 1.38 bits per heavy atom. The minimum absolute atomic E-state index is 0.00335. The van der Waals surface area contributed by atoms with E-state index in [1.165, 1.54) is 5.56 Å². The minimum Gasteiger partial charge on any atom is -0.481 e. The summed E-state index contributed by atoms with van der Waals surface area (Å²) in [5.74, 6) is -0.843. The number of carboxylic acid groups (broad SMARTS) is 1. The average molecular weight is 511 g/mol. The molecule has 0 saturated carbocycles. The highest BCUT2D eigenvalue weighted by Crippen LogP contribution is 2.30. The van der Waals surface area contributed by atoms with Crippen molar-refractivity contribution in [2.75, 3.05) is 11.4 Å². The van der Waals surface area contributed by atoms with Crippen LogP contribution >= 0.6 is 11.8 Å². The van der Waals surface area contributed by atoms with Crippen LogP contribution in [-0.2, 0) is 24.2 Å². The number of anilines is 1. The number of carboxylic acids is 1. The number of nitrogens with zero attached hydrogens (tertiary/aromatic N) is 1. The lowest BCUT2D eigenvalue weighted by molar-refractivity contribution is -0.136. The number of aliphatic carboxylic acids is 1. The van der Waals surface area contributed by atoms with Crippen molar-refractivity contribution in [1.29, 1.82) is 0 Å². The van der Waals surface area contributed by atoms with Gasteiger partial charge in [0.15, 0.2) is 0 Å². The molecule has 0 bridgehead atoms. The van der Waals surface area contributed by atoms with Crippen molar-refractivity contribution in [2.45, 2.75) is 35.6 Å². The monoisotopic (exact) mass is 510 g/mol. The van der Waals surface area contributed by atoms with Crippen molar-refractivity contribution in [3.63, 3.8) is 0 Å². The van der Waals surface area contributed by atoms with Crippen molar-refractivity contribution < 1.29 is 14.7 Å². The Bertz CT molecular complexity index is 1300. The van der Waals surface area contributed by atoms with Gasteiger partial charge in [0.05, 0.1) is 6.42 Å².